The maximum Gasteiger partial charge on any atom is 0.142 e. The molecular formula is C17H19FN2O. The SMILES string of the molecule is Nc1ccccc1OCCCN1CCc2ccc(F)cc21. The predicted octanol–water partition coefficient (Wildman–Crippen LogP) is 3.24. The Labute approximate surface area is 124 Å². The number of rotatable bonds is 5. The highest BCUT2D eigenvalue weighted by Gasteiger charge is 2.18. The molecule has 0 spiro atoms. The predicted molar refractivity (Wildman–Crippen MR) is 83.3 cm³/mol. The van der Waals surface area contributed by atoms with Crippen molar-refractivity contribution in [3.63, 3.8) is 0 Å². The van der Waals surface area contributed by atoms with E-state index < -0.39 is 0 Å². The molecule has 110 valence electrons. The fourth-order valence-corrected chi connectivity index (χ4v) is 2.70. The highest BCUT2D eigenvalue weighted by Crippen LogP contribution is 2.28. The molecule has 1 heterocycles. The van der Waals surface area contributed by atoms with Crippen LogP contribution in [0.1, 0.15) is 12.0 Å². The standard InChI is InChI=1S/C17H19FN2O/c18-14-7-6-13-8-10-20(16(13)12-14)9-3-11-21-17-5-2-1-4-15(17)19/h1-2,4-7,12H,3,8-11,19H2. The highest BCUT2D eigenvalue weighted by molar-refractivity contribution is 5.58. The Morgan fingerprint density at radius 2 is 2.05 bits per heavy atom. The third kappa shape index (κ3) is 3.10. The lowest BCUT2D eigenvalue weighted by Crippen LogP contribution is -2.23. The molecule has 0 atom stereocenters. The van der Waals surface area contributed by atoms with E-state index in [1.165, 1.54) is 11.6 Å². The summed E-state index contributed by atoms with van der Waals surface area (Å²) in [5, 5.41) is 0. The van der Waals surface area contributed by atoms with Gasteiger partial charge in [-0.25, -0.2) is 4.39 Å². The van der Waals surface area contributed by atoms with Gasteiger partial charge in [-0.1, -0.05) is 18.2 Å². The first kappa shape index (κ1) is 13.7. The Bertz CT molecular complexity index is 630. The number of para-hydroxylation sites is 2. The fourth-order valence-electron chi connectivity index (χ4n) is 2.70. The molecule has 0 amide bonds. The van der Waals surface area contributed by atoms with Crippen LogP contribution in [0.2, 0.25) is 0 Å². The molecule has 3 nitrogen and oxygen atoms in total. The van der Waals surface area contributed by atoms with Crippen LogP contribution < -0.4 is 15.4 Å². The average molecular weight is 286 g/mol. The monoisotopic (exact) mass is 286 g/mol. The lowest BCUT2D eigenvalue weighted by atomic mass is 10.2. The molecule has 0 bridgehead atoms. The Kier molecular flexibility index (Phi) is 3.95. The summed E-state index contributed by atoms with van der Waals surface area (Å²) in [5.41, 5.74) is 8.74. The van der Waals surface area contributed by atoms with Crippen molar-refractivity contribution in [2.24, 2.45) is 0 Å². The summed E-state index contributed by atoms with van der Waals surface area (Å²) in [5.74, 6) is 0.555. The number of anilines is 2. The normalized spacial score (nSPS) is 13.3. The van der Waals surface area contributed by atoms with Gasteiger partial charge >= 0.3 is 0 Å². The van der Waals surface area contributed by atoms with E-state index >= 15 is 0 Å². The van der Waals surface area contributed by atoms with Crippen molar-refractivity contribution in [3.05, 3.63) is 53.8 Å². The Morgan fingerprint density at radius 1 is 1.19 bits per heavy atom. The molecule has 0 aliphatic carbocycles. The molecule has 0 unspecified atom stereocenters. The lowest BCUT2D eigenvalue weighted by Gasteiger charge is -2.19. The van der Waals surface area contributed by atoms with Crippen molar-refractivity contribution in [2.45, 2.75) is 12.8 Å². The average Bonchev–Trinajstić information content (AvgIpc) is 2.88. The van der Waals surface area contributed by atoms with E-state index in [0.29, 0.717) is 12.3 Å². The van der Waals surface area contributed by atoms with Gasteiger partial charge in [0.05, 0.1) is 12.3 Å². The molecule has 0 aromatic heterocycles. The van der Waals surface area contributed by atoms with Gasteiger partial charge < -0.3 is 15.4 Å². The molecule has 2 aromatic rings. The zero-order chi connectivity index (χ0) is 14.7. The van der Waals surface area contributed by atoms with Gasteiger partial charge in [0, 0.05) is 18.8 Å². The number of hydrogen-bond donors (Lipinski definition) is 1. The van der Waals surface area contributed by atoms with Crippen LogP contribution in [-0.4, -0.2) is 19.7 Å². The smallest absolute Gasteiger partial charge is 0.142 e. The van der Waals surface area contributed by atoms with Crippen molar-refractivity contribution >= 4 is 11.4 Å². The molecule has 0 radical (unpaired) electrons. The summed E-state index contributed by atoms with van der Waals surface area (Å²) in [7, 11) is 0. The molecule has 4 heteroatoms. The number of ether oxygens (including phenoxy) is 1. The van der Waals surface area contributed by atoms with Crippen molar-refractivity contribution < 1.29 is 9.13 Å². The highest BCUT2D eigenvalue weighted by atomic mass is 19.1. The minimum absolute atomic E-state index is 0.172. The number of halogens is 1. The first-order valence-electron chi connectivity index (χ1n) is 7.25. The van der Waals surface area contributed by atoms with E-state index in [4.69, 9.17) is 10.5 Å². The molecule has 0 fully saturated rings. The minimum Gasteiger partial charge on any atom is -0.491 e. The Hall–Kier alpha value is -2.23. The molecular weight excluding hydrogens is 267 g/mol. The topological polar surface area (TPSA) is 38.5 Å². The Balaban J connectivity index is 1.51. The van der Waals surface area contributed by atoms with Crippen molar-refractivity contribution in [1.29, 1.82) is 0 Å². The second-order valence-corrected chi connectivity index (χ2v) is 5.25. The van der Waals surface area contributed by atoms with Crippen molar-refractivity contribution in [1.82, 2.24) is 0 Å². The number of hydrogen-bond acceptors (Lipinski definition) is 3. The minimum atomic E-state index is -0.172. The van der Waals surface area contributed by atoms with Crippen LogP contribution in [0.3, 0.4) is 0 Å². The van der Waals surface area contributed by atoms with Crippen LogP contribution >= 0.6 is 0 Å². The Morgan fingerprint density at radius 3 is 2.90 bits per heavy atom. The maximum absolute atomic E-state index is 13.3. The molecule has 1 aliphatic heterocycles. The molecule has 21 heavy (non-hydrogen) atoms. The third-order valence-electron chi connectivity index (χ3n) is 3.79. The number of benzene rings is 2. The van der Waals surface area contributed by atoms with E-state index in [1.54, 1.807) is 6.07 Å². The van der Waals surface area contributed by atoms with E-state index in [-0.39, 0.29) is 5.82 Å². The van der Waals surface area contributed by atoms with Gasteiger partial charge in [0.2, 0.25) is 0 Å². The molecule has 2 aromatic carbocycles. The van der Waals surface area contributed by atoms with Crippen LogP contribution in [0, 0.1) is 5.82 Å². The molecule has 2 N–H and O–H groups in total. The van der Waals surface area contributed by atoms with Crippen LogP contribution in [0.25, 0.3) is 0 Å². The summed E-state index contributed by atoms with van der Waals surface area (Å²) in [6.07, 6.45) is 1.87. The van der Waals surface area contributed by atoms with E-state index in [0.717, 1.165) is 37.4 Å². The summed E-state index contributed by atoms with van der Waals surface area (Å²) in [6, 6.07) is 12.5. The van der Waals surface area contributed by atoms with Crippen molar-refractivity contribution in [3.8, 4) is 5.75 Å². The largest absolute Gasteiger partial charge is 0.491 e. The van der Waals surface area contributed by atoms with Gasteiger partial charge in [-0.3, -0.25) is 0 Å². The quantitative estimate of drug-likeness (QED) is 0.677. The van der Waals surface area contributed by atoms with Crippen LogP contribution in [-0.2, 0) is 6.42 Å². The fraction of sp³-hybridized carbons (Fsp3) is 0.294. The van der Waals surface area contributed by atoms with Crippen LogP contribution in [0.5, 0.6) is 5.75 Å². The molecule has 0 saturated heterocycles. The molecule has 3 rings (SSSR count). The third-order valence-corrected chi connectivity index (χ3v) is 3.79. The van der Waals surface area contributed by atoms with Gasteiger partial charge in [0.15, 0.2) is 0 Å². The van der Waals surface area contributed by atoms with Crippen LogP contribution in [0.4, 0.5) is 15.8 Å². The van der Waals surface area contributed by atoms with Gasteiger partial charge in [0.1, 0.15) is 11.6 Å². The first-order valence-corrected chi connectivity index (χ1v) is 7.25. The summed E-state index contributed by atoms with van der Waals surface area (Å²) < 4.78 is 19.0. The van der Waals surface area contributed by atoms with Gasteiger partial charge in [-0.15, -0.1) is 0 Å². The summed E-state index contributed by atoms with van der Waals surface area (Å²) in [4.78, 5) is 2.22. The maximum atomic E-state index is 13.3. The second-order valence-electron chi connectivity index (χ2n) is 5.25. The second kappa shape index (κ2) is 6.04. The van der Waals surface area contributed by atoms with Gasteiger partial charge in [-0.2, -0.15) is 0 Å². The van der Waals surface area contributed by atoms with Gasteiger partial charge in [-0.05, 0) is 42.7 Å². The van der Waals surface area contributed by atoms with Gasteiger partial charge in [0.25, 0.3) is 0 Å². The van der Waals surface area contributed by atoms with Crippen molar-refractivity contribution in [2.75, 3.05) is 30.3 Å². The summed E-state index contributed by atoms with van der Waals surface area (Å²) >= 11 is 0. The number of fused-ring (bicyclic) bond motifs is 1. The molecule has 1 aliphatic rings. The number of nitrogens with two attached hydrogens (primary N) is 1. The molecule has 0 saturated carbocycles. The lowest BCUT2D eigenvalue weighted by molar-refractivity contribution is 0.313. The number of nitrogen functional groups attached to an aromatic ring is 1. The number of nitrogens with zero attached hydrogens (tertiary/aromatic N) is 1. The van der Waals surface area contributed by atoms with Crippen LogP contribution in [0.15, 0.2) is 42.5 Å². The summed E-state index contributed by atoms with van der Waals surface area (Å²) in [6.45, 7) is 2.42. The van der Waals surface area contributed by atoms with E-state index in [9.17, 15) is 4.39 Å². The van der Waals surface area contributed by atoms with E-state index in [1.807, 2.05) is 30.3 Å². The zero-order valence-electron chi connectivity index (χ0n) is 11.9. The van der Waals surface area contributed by atoms with E-state index in [2.05, 4.69) is 4.90 Å². The first-order chi connectivity index (χ1) is 10.2. The zero-order valence-corrected chi connectivity index (χ0v) is 11.9.